The molecule has 2 rings (SSSR count). The third-order valence-corrected chi connectivity index (χ3v) is 3.60. The van der Waals surface area contributed by atoms with E-state index in [2.05, 4.69) is 0 Å². The second-order valence-electron chi connectivity index (χ2n) is 5.57. The predicted octanol–water partition coefficient (Wildman–Crippen LogP) is 3.81. The van der Waals surface area contributed by atoms with Crippen molar-refractivity contribution in [2.24, 2.45) is 5.92 Å². The first-order chi connectivity index (χ1) is 11.5. The summed E-state index contributed by atoms with van der Waals surface area (Å²) in [7, 11) is 0. The summed E-state index contributed by atoms with van der Waals surface area (Å²) < 4.78 is 10.4. The van der Waals surface area contributed by atoms with E-state index in [1.807, 2.05) is 13.8 Å². The minimum atomic E-state index is -0.540. The Morgan fingerprint density at radius 3 is 2.08 bits per heavy atom. The summed E-state index contributed by atoms with van der Waals surface area (Å²) in [5.41, 5.74) is 0.729. The molecule has 0 heterocycles. The van der Waals surface area contributed by atoms with Crippen molar-refractivity contribution in [3.63, 3.8) is 0 Å². The van der Waals surface area contributed by atoms with E-state index in [4.69, 9.17) is 9.47 Å². The van der Waals surface area contributed by atoms with Gasteiger partial charge in [0.25, 0.3) is 0 Å². The van der Waals surface area contributed by atoms with Crippen molar-refractivity contribution in [1.82, 2.24) is 0 Å². The minimum absolute atomic E-state index is 0.0757. The van der Waals surface area contributed by atoms with Crippen LogP contribution in [0.5, 0.6) is 11.5 Å². The van der Waals surface area contributed by atoms with Crippen molar-refractivity contribution in [3.05, 3.63) is 59.7 Å². The standard InChI is InChI=1S/C19H20O5/c1-3-13(2)12-23-18(21)14-6-10-17(11-7-14)24-19(22)15-4-8-16(20)9-5-15/h4-11,13,20H,3,12H2,1-2H3/t13-/m0/s1. The van der Waals surface area contributed by atoms with Gasteiger partial charge in [0.05, 0.1) is 17.7 Å². The Kier molecular flexibility index (Phi) is 5.95. The number of benzene rings is 2. The lowest BCUT2D eigenvalue weighted by molar-refractivity contribution is 0.0447. The zero-order chi connectivity index (χ0) is 17.5. The van der Waals surface area contributed by atoms with Crippen molar-refractivity contribution < 1.29 is 24.2 Å². The van der Waals surface area contributed by atoms with Crippen LogP contribution < -0.4 is 4.74 Å². The van der Waals surface area contributed by atoms with E-state index in [9.17, 15) is 14.7 Å². The Morgan fingerprint density at radius 1 is 0.958 bits per heavy atom. The first-order valence-electron chi connectivity index (χ1n) is 7.78. The summed E-state index contributed by atoms with van der Waals surface area (Å²) in [5, 5.41) is 9.21. The summed E-state index contributed by atoms with van der Waals surface area (Å²) >= 11 is 0. The van der Waals surface area contributed by atoms with Gasteiger partial charge >= 0.3 is 11.9 Å². The average molecular weight is 328 g/mol. The van der Waals surface area contributed by atoms with Gasteiger partial charge in [0.1, 0.15) is 11.5 Å². The van der Waals surface area contributed by atoms with E-state index < -0.39 is 11.9 Å². The molecule has 0 aromatic heterocycles. The van der Waals surface area contributed by atoms with E-state index in [1.54, 1.807) is 12.1 Å². The van der Waals surface area contributed by atoms with Crippen LogP contribution in [0.3, 0.4) is 0 Å². The Balaban J connectivity index is 1.95. The highest BCUT2D eigenvalue weighted by atomic mass is 16.5. The fourth-order valence-electron chi connectivity index (χ4n) is 1.84. The molecule has 0 radical (unpaired) electrons. The predicted molar refractivity (Wildman–Crippen MR) is 89.2 cm³/mol. The lowest BCUT2D eigenvalue weighted by Crippen LogP contribution is -2.12. The maximum atomic E-state index is 12.0. The largest absolute Gasteiger partial charge is 0.508 e. The molecule has 0 unspecified atom stereocenters. The van der Waals surface area contributed by atoms with Gasteiger partial charge in [0, 0.05) is 0 Å². The molecule has 0 saturated carbocycles. The van der Waals surface area contributed by atoms with E-state index in [-0.39, 0.29) is 5.75 Å². The smallest absolute Gasteiger partial charge is 0.343 e. The fraction of sp³-hybridized carbons (Fsp3) is 0.263. The first kappa shape index (κ1) is 17.5. The van der Waals surface area contributed by atoms with Gasteiger partial charge < -0.3 is 14.6 Å². The maximum absolute atomic E-state index is 12.0. The van der Waals surface area contributed by atoms with Crippen molar-refractivity contribution in [2.45, 2.75) is 20.3 Å². The minimum Gasteiger partial charge on any atom is -0.508 e. The molecule has 0 fully saturated rings. The molecule has 5 heteroatoms. The number of hydrogen-bond donors (Lipinski definition) is 1. The van der Waals surface area contributed by atoms with E-state index in [0.29, 0.717) is 29.4 Å². The average Bonchev–Trinajstić information content (AvgIpc) is 2.60. The summed E-state index contributed by atoms with van der Waals surface area (Å²) in [6, 6.07) is 11.9. The molecule has 0 spiro atoms. The molecule has 0 aliphatic rings. The van der Waals surface area contributed by atoms with Crippen LogP contribution >= 0.6 is 0 Å². The van der Waals surface area contributed by atoms with Crippen molar-refractivity contribution in [2.75, 3.05) is 6.61 Å². The molecule has 0 amide bonds. The maximum Gasteiger partial charge on any atom is 0.343 e. The number of aromatic hydroxyl groups is 1. The van der Waals surface area contributed by atoms with E-state index in [0.717, 1.165) is 6.42 Å². The zero-order valence-corrected chi connectivity index (χ0v) is 13.7. The van der Waals surface area contributed by atoms with Crippen LogP contribution in [0.4, 0.5) is 0 Å². The molecule has 2 aromatic rings. The van der Waals surface area contributed by atoms with E-state index in [1.165, 1.54) is 36.4 Å². The first-order valence-corrected chi connectivity index (χ1v) is 7.78. The van der Waals surface area contributed by atoms with Crippen LogP contribution in [0, 0.1) is 5.92 Å². The van der Waals surface area contributed by atoms with Crippen LogP contribution in [0.15, 0.2) is 48.5 Å². The van der Waals surface area contributed by atoms with Gasteiger partial charge in [0.2, 0.25) is 0 Å². The lowest BCUT2D eigenvalue weighted by Gasteiger charge is -2.10. The van der Waals surface area contributed by atoms with Gasteiger partial charge in [-0.3, -0.25) is 0 Å². The fourth-order valence-corrected chi connectivity index (χ4v) is 1.84. The Bertz CT molecular complexity index is 689. The summed E-state index contributed by atoms with van der Waals surface area (Å²) in [6.07, 6.45) is 0.944. The Morgan fingerprint density at radius 2 is 1.50 bits per heavy atom. The van der Waals surface area contributed by atoms with Gasteiger partial charge in [-0.1, -0.05) is 20.3 Å². The number of carbonyl (C=O) groups is 2. The molecular formula is C19H20O5. The Labute approximate surface area is 140 Å². The quantitative estimate of drug-likeness (QED) is 0.645. The molecule has 0 saturated heterocycles. The second-order valence-corrected chi connectivity index (χ2v) is 5.57. The normalized spacial score (nSPS) is 11.6. The highest BCUT2D eigenvalue weighted by Gasteiger charge is 2.11. The van der Waals surface area contributed by atoms with Crippen LogP contribution in [0.25, 0.3) is 0 Å². The Hall–Kier alpha value is -2.82. The molecule has 2 aromatic carbocycles. The van der Waals surface area contributed by atoms with Crippen molar-refractivity contribution >= 4 is 11.9 Å². The van der Waals surface area contributed by atoms with Gasteiger partial charge in [0.15, 0.2) is 0 Å². The molecule has 0 aliphatic heterocycles. The highest BCUT2D eigenvalue weighted by molar-refractivity contribution is 5.92. The number of phenols is 1. The number of carbonyl (C=O) groups excluding carboxylic acids is 2. The van der Waals surface area contributed by atoms with Gasteiger partial charge in [-0.15, -0.1) is 0 Å². The van der Waals surface area contributed by atoms with Gasteiger partial charge in [-0.25, -0.2) is 9.59 Å². The van der Waals surface area contributed by atoms with Crippen LogP contribution in [0.2, 0.25) is 0 Å². The number of phenolic OH excluding ortho intramolecular Hbond substituents is 1. The van der Waals surface area contributed by atoms with Crippen LogP contribution in [-0.4, -0.2) is 23.7 Å². The number of esters is 2. The molecule has 0 bridgehead atoms. The molecule has 1 atom stereocenters. The lowest BCUT2D eigenvalue weighted by atomic mass is 10.1. The van der Waals surface area contributed by atoms with E-state index >= 15 is 0 Å². The highest BCUT2D eigenvalue weighted by Crippen LogP contribution is 2.16. The van der Waals surface area contributed by atoms with Crippen LogP contribution in [-0.2, 0) is 4.74 Å². The van der Waals surface area contributed by atoms with Gasteiger partial charge in [-0.05, 0) is 54.4 Å². The third-order valence-electron chi connectivity index (χ3n) is 3.60. The van der Waals surface area contributed by atoms with Gasteiger partial charge in [-0.2, -0.15) is 0 Å². The zero-order valence-electron chi connectivity index (χ0n) is 13.7. The number of hydrogen-bond acceptors (Lipinski definition) is 5. The summed E-state index contributed by atoms with van der Waals surface area (Å²) in [6.45, 7) is 4.43. The molecule has 24 heavy (non-hydrogen) atoms. The monoisotopic (exact) mass is 328 g/mol. The molecule has 5 nitrogen and oxygen atoms in total. The summed E-state index contributed by atoms with van der Waals surface area (Å²) in [5.74, 6) is -0.216. The third kappa shape index (κ3) is 4.84. The molecular weight excluding hydrogens is 308 g/mol. The molecule has 1 N–H and O–H groups in total. The number of rotatable bonds is 6. The second kappa shape index (κ2) is 8.15. The van der Waals surface area contributed by atoms with Crippen molar-refractivity contribution in [1.29, 1.82) is 0 Å². The number of ether oxygens (including phenoxy) is 2. The molecule has 126 valence electrons. The summed E-state index contributed by atoms with van der Waals surface area (Å²) in [4.78, 5) is 23.9. The topological polar surface area (TPSA) is 72.8 Å². The molecule has 0 aliphatic carbocycles. The SMILES string of the molecule is CC[C@H](C)COC(=O)c1ccc(OC(=O)c2ccc(O)cc2)cc1. The van der Waals surface area contributed by atoms with Crippen molar-refractivity contribution in [3.8, 4) is 11.5 Å². The van der Waals surface area contributed by atoms with Crippen LogP contribution in [0.1, 0.15) is 41.0 Å².